The second kappa shape index (κ2) is 6.27. The highest BCUT2D eigenvalue weighted by Gasteiger charge is 2.26. The van der Waals surface area contributed by atoms with Gasteiger partial charge in [0.2, 0.25) is 0 Å². The molecule has 1 aromatic rings. The van der Waals surface area contributed by atoms with Crippen LogP contribution in [0.3, 0.4) is 0 Å². The largest absolute Gasteiger partial charge is 0.399 e. The van der Waals surface area contributed by atoms with Crippen LogP contribution in [0.5, 0.6) is 0 Å². The van der Waals surface area contributed by atoms with Gasteiger partial charge in [0.15, 0.2) is 0 Å². The molecule has 1 saturated heterocycles. The highest BCUT2D eigenvalue weighted by Crippen LogP contribution is 2.19. The van der Waals surface area contributed by atoms with E-state index in [9.17, 15) is 4.79 Å². The SMILES string of the molecule is CCC1CN(C)CCCN1C(=O)c1ccc(N)c(C)c1. The minimum absolute atomic E-state index is 0.134. The van der Waals surface area contributed by atoms with E-state index in [-0.39, 0.29) is 5.91 Å². The molecule has 20 heavy (non-hydrogen) atoms. The number of nitrogens with two attached hydrogens (primary N) is 1. The number of rotatable bonds is 2. The number of nitrogens with zero attached hydrogens (tertiary/aromatic N) is 2. The molecule has 2 rings (SSSR count). The zero-order chi connectivity index (χ0) is 14.7. The Morgan fingerprint density at radius 3 is 2.80 bits per heavy atom. The van der Waals surface area contributed by atoms with Gasteiger partial charge in [-0.05, 0) is 57.1 Å². The van der Waals surface area contributed by atoms with Crippen LogP contribution < -0.4 is 5.73 Å². The summed E-state index contributed by atoms with van der Waals surface area (Å²) in [5, 5.41) is 0. The second-order valence-corrected chi connectivity index (χ2v) is 5.75. The number of aryl methyl sites for hydroxylation is 1. The lowest BCUT2D eigenvalue weighted by Gasteiger charge is -2.30. The monoisotopic (exact) mass is 275 g/mol. The predicted octanol–water partition coefficient (Wildman–Crippen LogP) is 2.13. The maximum atomic E-state index is 12.8. The van der Waals surface area contributed by atoms with Crippen molar-refractivity contribution >= 4 is 11.6 Å². The van der Waals surface area contributed by atoms with Crippen LogP contribution in [-0.2, 0) is 0 Å². The third-order valence-electron chi connectivity index (χ3n) is 4.15. The van der Waals surface area contributed by atoms with Crippen LogP contribution in [0.1, 0.15) is 35.7 Å². The Morgan fingerprint density at radius 1 is 1.40 bits per heavy atom. The summed E-state index contributed by atoms with van der Waals surface area (Å²) in [5.41, 5.74) is 8.29. The van der Waals surface area contributed by atoms with Gasteiger partial charge in [-0.15, -0.1) is 0 Å². The summed E-state index contributed by atoms with van der Waals surface area (Å²) in [4.78, 5) is 17.1. The van der Waals surface area contributed by atoms with Gasteiger partial charge in [0, 0.05) is 30.4 Å². The molecule has 1 aromatic carbocycles. The third kappa shape index (κ3) is 3.12. The average molecular weight is 275 g/mol. The van der Waals surface area contributed by atoms with Crippen LogP contribution in [0.2, 0.25) is 0 Å². The number of hydrogen-bond acceptors (Lipinski definition) is 3. The lowest BCUT2D eigenvalue weighted by atomic mass is 10.1. The molecule has 0 radical (unpaired) electrons. The predicted molar refractivity (Wildman–Crippen MR) is 82.8 cm³/mol. The zero-order valence-electron chi connectivity index (χ0n) is 12.7. The van der Waals surface area contributed by atoms with Gasteiger partial charge in [-0.3, -0.25) is 4.79 Å². The maximum absolute atomic E-state index is 12.8. The number of carbonyl (C=O) groups excluding carboxylic acids is 1. The normalized spacial score (nSPS) is 20.8. The van der Waals surface area contributed by atoms with E-state index >= 15 is 0 Å². The highest BCUT2D eigenvalue weighted by molar-refractivity contribution is 5.95. The van der Waals surface area contributed by atoms with Crippen molar-refractivity contribution in [3.05, 3.63) is 29.3 Å². The number of amides is 1. The van der Waals surface area contributed by atoms with E-state index in [2.05, 4.69) is 18.9 Å². The first-order valence-corrected chi connectivity index (χ1v) is 7.38. The minimum Gasteiger partial charge on any atom is -0.399 e. The molecule has 1 heterocycles. The van der Waals surface area contributed by atoms with Crippen molar-refractivity contribution in [1.29, 1.82) is 0 Å². The molecule has 110 valence electrons. The fraction of sp³-hybridized carbons (Fsp3) is 0.562. The Morgan fingerprint density at radius 2 is 2.15 bits per heavy atom. The van der Waals surface area contributed by atoms with E-state index in [0.717, 1.165) is 49.3 Å². The Bertz CT molecular complexity index is 487. The Balaban J connectivity index is 2.23. The van der Waals surface area contributed by atoms with Crippen molar-refractivity contribution in [2.75, 3.05) is 32.4 Å². The summed E-state index contributed by atoms with van der Waals surface area (Å²) in [6.07, 6.45) is 2.02. The van der Waals surface area contributed by atoms with E-state index < -0.39 is 0 Å². The molecule has 2 N–H and O–H groups in total. The van der Waals surface area contributed by atoms with E-state index in [4.69, 9.17) is 5.73 Å². The number of carbonyl (C=O) groups is 1. The lowest BCUT2D eigenvalue weighted by Crippen LogP contribution is -2.43. The molecule has 4 heteroatoms. The first kappa shape index (κ1) is 14.9. The van der Waals surface area contributed by atoms with Crippen molar-refractivity contribution in [3.63, 3.8) is 0 Å². The first-order valence-electron chi connectivity index (χ1n) is 7.38. The lowest BCUT2D eigenvalue weighted by molar-refractivity contribution is 0.0675. The number of nitrogen functional groups attached to an aromatic ring is 1. The molecular formula is C16H25N3O. The van der Waals surface area contributed by atoms with Crippen LogP contribution in [-0.4, -0.2) is 48.4 Å². The molecule has 4 nitrogen and oxygen atoms in total. The van der Waals surface area contributed by atoms with Gasteiger partial charge in [0.05, 0.1) is 0 Å². The van der Waals surface area contributed by atoms with E-state index in [1.807, 2.05) is 30.0 Å². The molecule has 1 fully saturated rings. The molecule has 0 bridgehead atoms. The van der Waals surface area contributed by atoms with Crippen molar-refractivity contribution in [2.24, 2.45) is 0 Å². The van der Waals surface area contributed by atoms with Gasteiger partial charge in [-0.1, -0.05) is 6.92 Å². The summed E-state index contributed by atoms with van der Waals surface area (Å²) in [6.45, 7) is 6.94. The van der Waals surface area contributed by atoms with E-state index in [0.29, 0.717) is 6.04 Å². The van der Waals surface area contributed by atoms with Crippen LogP contribution in [0.15, 0.2) is 18.2 Å². The van der Waals surface area contributed by atoms with E-state index in [1.54, 1.807) is 0 Å². The van der Waals surface area contributed by atoms with Crippen LogP contribution >= 0.6 is 0 Å². The molecule has 1 aliphatic heterocycles. The Labute approximate surface area is 121 Å². The van der Waals surface area contributed by atoms with Crippen LogP contribution in [0, 0.1) is 6.92 Å². The number of hydrogen-bond donors (Lipinski definition) is 1. The minimum atomic E-state index is 0.134. The highest BCUT2D eigenvalue weighted by atomic mass is 16.2. The molecule has 1 atom stereocenters. The number of benzene rings is 1. The molecule has 0 aliphatic carbocycles. The van der Waals surface area contributed by atoms with E-state index in [1.165, 1.54) is 0 Å². The second-order valence-electron chi connectivity index (χ2n) is 5.75. The molecule has 0 spiro atoms. The zero-order valence-corrected chi connectivity index (χ0v) is 12.7. The fourth-order valence-electron chi connectivity index (χ4n) is 2.83. The maximum Gasteiger partial charge on any atom is 0.254 e. The van der Waals surface area contributed by atoms with Crippen molar-refractivity contribution in [2.45, 2.75) is 32.7 Å². The van der Waals surface area contributed by atoms with Gasteiger partial charge >= 0.3 is 0 Å². The first-order chi connectivity index (χ1) is 9.52. The van der Waals surface area contributed by atoms with Crippen molar-refractivity contribution in [1.82, 2.24) is 9.80 Å². The third-order valence-corrected chi connectivity index (χ3v) is 4.15. The molecule has 0 saturated carbocycles. The summed E-state index contributed by atoms with van der Waals surface area (Å²) in [7, 11) is 2.13. The van der Waals surface area contributed by atoms with Crippen LogP contribution in [0.25, 0.3) is 0 Å². The molecule has 1 aliphatic rings. The van der Waals surface area contributed by atoms with Crippen molar-refractivity contribution < 1.29 is 4.79 Å². The summed E-state index contributed by atoms with van der Waals surface area (Å²) >= 11 is 0. The van der Waals surface area contributed by atoms with Crippen LogP contribution in [0.4, 0.5) is 5.69 Å². The molecule has 1 unspecified atom stereocenters. The standard InChI is InChI=1S/C16H25N3O/c1-4-14-11-18(3)8-5-9-19(14)16(20)13-6-7-15(17)12(2)10-13/h6-7,10,14H,4-5,8-9,11,17H2,1-3H3. The quantitative estimate of drug-likeness (QED) is 0.841. The Hall–Kier alpha value is -1.55. The smallest absolute Gasteiger partial charge is 0.254 e. The summed E-state index contributed by atoms with van der Waals surface area (Å²) in [6, 6.07) is 5.87. The van der Waals surface area contributed by atoms with Gasteiger partial charge in [0.1, 0.15) is 0 Å². The van der Waals surface area contributed by atoms with Gasteiger partial charge in [-0.2, -0.15) is 0 Å². The number of anilines is 1. The summed E-state index contributed by atoms with van der Waals surface area (Å²) in [5.74, 6) is 0.134. The summed E-state index contributed by atoms with van der Waals surface area (Å²) < 4.78 is 0. The fourth-order valence-corrected chi connectivity index (χ4v) is 2.83. The molecule has 1 amide bonds. The Kier molecular flexibility index (Phi) is 4.65. The van der Waals surface area contributed by atoms with Gasteiger partial charge < -0.3 is 15.5 Å². The van der Waals surface area contributed by atoms with Gasteiger partial charge in [-0.25, -0.2) is 0 Å². The average Bonchev–Trinajstić information content (AvgIpc) is 2.62. The topological polar surface area (TPSA) is 49.6 Å². The van der Waals surface area contributed by atoms with Gasteiger partial charge in [0.25, 0.3) is 5.91 Å². The molecular weight excluding hydrogens is 250 g/mol. The van der Waals surface area contributed by atoms with Crippen molar-refractivity contribution in [3.8, 4) is 0 Å². The number of likely N-dealkylation sites (N-methyl/N-ethyl adjacent to an activating group) is 1. The molecule has 0 aromatic heterocycles.